The number of hydrogen-bond donors (Lipinski definition) is 1. The van der Waals surface area contributed by atoms with Gasteiger partial charge in [-0.2, -0.15) is 5.21 Å². The largest absolute Gasteiger partial charge is 0.492 e. The van der Waals surface area contributed by atoms with Crippen LogP contribution in [0.1, 0.15) is 56.0 Å². The molecule has 1 saturated carbocycles. The number of halogens is 2. The number of aromatic amines is 1. The predicted molar refractivity (Wildman–Crippen MR) is 102 cm³/mol. The Hall–Kier alpha value is -1.33. The Balaban J connectivity index is 1.44. The second-order valence-corrected chi connectivity index (χ2v) is 8.67. The molecule has 1 atom stereocenters. The minimum atomic E-state index is 0.309. The number of aryl methyl sites for hydroxylation is 1. The third kappa shape index (κ3) is 3.44. The van der Waals surface area contributed by atoms with E-state index in [0.717, 1.165) is 25.2 Å². The van der Waals surface area contributed by atoms with Crippen molar-refractivity contribution in [1.29, 1.82) is 0 Å². The van der Waals surface area contributed by atoms with Gasteiger partial charge in [-0.3, -0.25) is 0 Å². The molecule has 4 rings (SSSR count). The average Bonchev–Trinajstić information content (AvgIpc) is 3.36. The molecule has 1 aromatic carbocycles. The fraction of sp³-hybridized carbons (Fsp3) is 0.632. The first kappa shape index (κ1) is 18.1. The molecule has 1 fully saturated rings. The summed E-state index contributed by atoms with van der Waals surface area (Å²) in [6.45, 7) is 2.96. The molecular weight excluding hydrogens is 371 g/mol. The van der Waals surface area contributed by atoms with E-state index in [1.807, 2.05) is 0 Å². The first-order chi connectivity index (χ1) is 12.6. The summed E-state index contributed by atoms with van der Waals surface area (Å²) in [6, 6.07) is 2.11. The van der Waals surface area contributed by atoms with E-state index in [-0.39, 0.29) is 0 Å². The van der Waals surface area contributed by atoms with Crippen LogP contribution in [0.3, 0.4) is 0 Å². The van der Waals surface area contributed by atoms with E-state index >= 15 is 0 Å². The van der Waals surface area contributed by atoms with Crippen molar-refractivity contribution in [2.45, 2.75) is 58.3 Å². The Morgan fingerprint density at radius 1 is 1.23 bits per heavy atom. The number of rotatable bonds is 6. The van der Waals surface area contributed by atoms with Crippen LogP contribution in [0.2, 0.25) is 10.0 Å². The molecule has 0 saturated heterocycles. The van der Waals surface area contributed by atoms with Gasteiger partial charge >= 0.3 is 0 Å². The van der Waals surface area contributed by atoms with Crippen molar-refractivity contribution in [2.24, 2.45) is 11.3 Å². The summed E-state index contributed by atoms with van der Waals surface area (Å²) < 4.78 is 5.93. The first-order valence-electron chi connectivity index (χ1n) is 9.42. The summed E-state index contributed by atoms with van der Waals surface area (Å²) in [5, 5.41) is 15.1. The van der Waals surface area contributed by atoms with E-state index in [1.165, 1.54) is 36.8 Å². The highest BCUT2D eigenvalue weighted by Gasteiger charge is 2.42. The van der Waals surface area contributed by atoms with Gasteiger partial charge in [0, 0.05) is 6.42 Å². The topological polar surface area (TPSA) is 63.7 Å². The Bertz CT molecular complexity index is 774. The lowest BCUT2D eigenvalue weighted by molar-refractivity contribution is 0.203. The Morgan fingerprint density at radius 2 is 2.04 bits per heavy atom. The maximum atomic E-state index is 6.63. The van der Waals surface area contributed by atoms with Crippen LogP contribution in [0.25, 0.3) is 0 Å². The molecule has 5 nitrogen and oxygen atoms in total. The van der Waals surface area contributed by atoms with Crippen LogP contribution in [0.4, 0.5) is 0 Å². The zero-order valence-corrected chi connectivity index (χ0v) is 16.5. The fourth-order valence-corrected chi connectivity index (χ4v) is 5.16. The highest BCUT2D eigenvalue weighted by molar-refractivity contribution is 6.43. The molecule has 26 heavy (non-hydrogen) atoms. The molecule has 7 heteroatoms. The monoisotopic (exact) mass is 394 g/mol. The van der Waals surface area contributed by atoms with Crippen molar-refractivity contribution in [3.63, 3.8) is 0 Å². The summed E-state index contributed by atoms with van der Waals surface area (Å²) in [6.07, 6.45) is 9.02. The third-order valence-corrected chi connectivity index (χ3v) is 6.96. The molecule has 1 N–H and O–H groups in total. The number of hydrogen-bond acceptors (Lipinski definition) is 4. The lowest BCUT2D eigenvalue weighted by atomic mass is 9.74. The number of fused-ring (bicyclic) bond motifs is 1. The molecule has 140 valence electrons. The van der Waals surface area contributed by atoms with Crippen LogP contribution in [0, 0.1) is 11.3 Å². The molecular formula is C19H24Cl2N4O. The summed E-state index contributed by atoms with van der Waals surface area (Å²) >= 11 is 13.1. The molecule has 1 aromatic heterocycles. The van der Waals surface area contributed by atoms with E-state index < -0.39 is 0 Å². The smallest absolute Gasteiger partial charge is 0.174 e. The van der Waals surface area contributed by atoms with Crippen LogP contribution in [0.15, 0.2) is 6.07 Å². The molecule has 1 heterocycles. The third-order valence-electron chi connectivity index (χ3n) is 6.07. The van der Waals surface area contributed by atoms with Gasteiger partial charge in [0.2, 0.25) is 0 Å². The van der Waals surface area contributed by atoms with Crippen molar-refractivity contribution in [3.8, 4) is 5.75 Å². The van der Waals surface area contributed by atoms with E-state index in [2.05, 4.69) is 33.6 Å². The lowest BCUT2D eigenvalue weighted by Gasteiger charge is -2.31. The SMILES string of the molecule is CC1(C2CCCC2)Cc2cc(OCCCc3nn[nH]n3)c(Cl)c(Cl)c2C1. The molecule has 0 aliphatic heterocycles. The van der Waals surface area contributed by atoms with E-state index in [4.69, 9.17) is 27.9 Å². The predicted octanol–water partition coefficient (Wildman–Crippen LogP) is 4.81. The number of tetrazole rings is 1. The summed E-state index contributed by atoms with van der Waals surface area (Å²) in [5.74, 6) is 2.18. The molecule has 1 unspecified atom stereocenters. The van der Waals surface area contributed by atoms with Gasteiger partial charge in [-0.25, -0.2) is 0 Å². The molecule has 2 aliphatic rings. The van der Waals surface area contributed by atoms with Gasteiger partial charge in [-0.05, 0) is 60.6 Å². The zero-order valence-electron chi connectivity index (χ0n) is 15.0. The summed E-state index contributed by atoms with van der Waals surface area (Å²) in [4.78, 5) is 0. The van der Waals surface area contributed by atoms with E-state index in [1.54, 1.807) is 0 Å². The fourth-order valence-electron chi connectivity index (χ4n) is 4.66. The van der Waals surface area contributed by atoms with Crippen molar-refractivity contribution in [3.05, 3.63) is 33.1 Å². The molecule has 0 amide bonds. The maximum Gasteiger partial charge on any atom is 0.174 e. The van der Waals surface area contributed by atoms with Gasteiger partial charge in [-0.1, -0.05) is 48.2 Å². The number of nitrogens with zero attached hydrogens (tertiary/aromatic N) is 3. The van der Waals surface area contributed by atoms with E-state index in [0.29, 0.717) is 40.1 Å². The first-order valence-corrected chi connectivity index (χ1v) is 10.2. The molecule has 2 aromatic rings. The Labute approximate surface area is 163 Å². The van der Waals surface area contributed by atoms with Crippen LogP contribution >= 0.6 is 23.2 Å². The van der Waals surface area contributed by atoms with Gasteiger partial charge in [-0.15, -0.1) is 10.2 Å². The highest BCUT2D eigenvalue weighted by atomic mass is 35.5. The number of aromatic nitrogens is 4. The van der Waals surface area contributed by atoms with Crippen LogP contribution in [-0.4, -0.2) is 27.2 Å². The van der Waals surface area contributed by atoms with E-state index in [9.17, 15) is 0 Å². The molecule has 0 bridgehead atoms. The second kappa shape index (κ2) is 7.35. The van der Waals surface area contributed by atoms with Crippen molar-refractivity contribution in [2.75, 3.05) is 6.61 Å². The molecule has 0 radical (unpaired) electrons. The molecule has 2 aliphatic carbocycles. The number of ether oxygens (including phenoxy) is 1. The Morgan fingerprint density at radius 3 is 2.77 bits per heavy atom. The van der Waals surface area contributed by atoms with Gasteiger partial charge < -0.3 is 4.74 Å². The van der Waals surface area contributed by atoms with Crippen molar-refractivity contribution >= 4 is 23.2 Å². The number of benzene rings is 1. The number of nitrogens with one attached hydrogen (secondary N) is 1. The van der Waals surface area contributed by atoms with Gasteiger partial charge in [0.05, 0.1) is 11.6 Å². The quantitative estimate of drug-likeness (QED) is 0.713. The van der Waals surface area contributed by atoms with Gasteiger partial charge in [0.25, 0.3) is 0 Å². The van der Waals surface area contributed by atoms with Gasteiger partial charge in [0.15, 0.2) is 5.82 Å². The highest BCUT2D eigenvalue weighted by Crippen LogP contribution is 2.52. The summed E-state index contributed by atoms with van der Waals surface area (Å²) in [5.41, 5.74) is 2.84. The minimum Gasteiger partial charge on any atom is -0.492 e. The van der Waals surface area contributed by atoms with Crippen molar-refractivity contribution < 1.29 is 4.74 Å². The lowest BCUT2D eigenvalue weighted by Crippen LogP contribution is -2.26. The maximum absolute atomic E-state index is 6.63. The van der Waals surface area contributed by atoms with Crippen molar-refractivity contribution in [1.82, 2.24) is 20.6 Å². The minimum absolute atomic E-state index is 0.309. The van der Waals surface area contributed by atoms with Crippen LogP contribution < -0.4 is 4.74 Å². The zero-order chi connectivity index (χ0) is 18.1. The van der Waals surface area contributed by atoms with Crippen LogP contribution in [-0.2, 0) is 19.3 Å². The molecule has 0 spiro atoms. The Kier molecular flexibility index (Phi) is 5.11. The summed E-state index contributed by atoms with van der Waals surface area (Å²) in [7, 11) is 0. The second-order valence-electron chi connectivity index (χ2n) is 7.91. The van der Waals surface area contributed by atoms with Crippen LogP contribution in [0.5, 0.6) is 5.75 Å². The average molecular weight is 395 g/mol. The number of H-pyrrole nitrogens is 1. The van der Waals surface area contributed by atoms with Gasteiger partial charge in [0.1, 0.15) is 10.8 Å². The normalized spacial score (nSPS) is 22.7. The standard InChI is InChI=1S/C19H24Cl2N4O/c1-19(13-5-2-3-6-13)10-12-9-15(18(21)17(20)14(12)11-19)26-8-4-7-16-22-24-25-23-16/h9,13H,2-8,10-11H2,1H3,(H,22,23,24,25).